The number of hydrogen-bond acceptors (Lipinski definition) is 2. The first kappa shape index (κ1) is 18.5. The summed E-state index contributed by atoms with van der Waals surface area (Å²) < 4.78 is 7.42. The lowest BCUT2D eigenvalue weighted by atomic mass is 10.2. The zero-order valence-electron chi connectivity index (χ0n) is 15.7. The van der Waals surface area contributed by atoms with E-state index in [0.717, 1.165) is 16.8 Å². The van der Waals surface area contributed by atoms with Gasteiger partial charge in [-0.25, -0.2) is 4.79 Å². The van der Waals surface area contributed by atoms with Crippen LogP contribution in [0.1, 0.15) is 22.5 Å². The molecule has 0 spiro atoms. The average Bonchev–Trinajstić information content (AvgIpc) is 2.98. The van der Waals surface area contributed by atoms with Crippen LogP contribution in [0.4, 0.5) is 4.79 Å². The van der Waals surface area contributed by atoms with Crippen LogP contribution in [-0.2, 0) is 11.3 Å². The van der Waals surface area contributed by atoms with Crippen LogP contribution < -0.4 is 5.32 Å². The van der Waals surface area contributed by atoms with Crippen LogP contribution in [0.15, 0.2) is 72.8 Å². The molecule has 27 heavy (non-hydrogen) atoms. The molecule has 0 radical (unpaired) electrons. The maximum atomic E-state index is 11.8. The Balaban J connectivity index is 1.54. The number of ether oxygens (including phenoxy) is 1. The van der Waals surface area contributed by atoms with Crippen molar-refractivity contribution in [1.82, 2.24) is 9.88 Å². The molecular weight excluding hydrogens is 336 g/mol. The van der Waals surface area contributed by atoms with Crippen LogP contribution in [0.5, 0.6) is 0 Å². The number of para-hydroxylation sites is 1. The summed E-state index contributed by atoms with van der Waals surface area (Å²) >= 11 is 0. The van der Waals surface area contributed by atoms with E-state index in [9.17, 15) is 4.79 Å². The Hall–Kier alpha value is -3.27. The number of aryl methyl sites for hydroxylation is 1. The number of alkyl carbamates (subject to hydrolysis) is 1. The summed E-state index contributed by atoms with van der Waals surface area (Å²) in [5, 5.41) is 2.74. The quantitative estimate of drug-likeness (QED) is 0.670. The molecule has 0 bridgehead atoms. The number of hydrogen-bond donors (Lipinski definition) is 1. The summed E-state index contributed by atoms with van der Waals surface area (Å²) in [7, 11) is 0. The minimum Gasteiger partial charge on any atom is -0.445 e. The number of benzene rings is 2. The molecule has 3 rings (SSSR count). The zero-order valence-corrected chi connectivity index (χ0v) is 15.7. The monoisotopic (exact) mass is 360 g/mol. The van der Waals surface area contributed by atoms with E-state index in [4.69, 9.17) is 4.74 Å². The number of nitrogens with zero attached hydrogens (tertiary/aromatic N) is 1. The molecule has 1 N–H and O–H groups in total. The van der Waals surface area contributed by atoms with E-state index >= 15 is 0 Å². The fourth-order valence-electron chi connectivity index (χ4n) is 3.03. The Morgan fingerprint density at radius 1 is 1.04 bits per heavy atom. The molecule has 0 unspecified atom stereocenters. The molecule has 0 saturated heterocycles. The van der Waals surface area contributed by atoms with E-state index in [-0.39, 0.29) is 6.61 Å². The number of aromatic nitrogens is 1. The van der Waals surface area contributed by atoms with Crippen molar-refractivity contribution in [3.63, 3.8) is 0 Å². The van der Waals surface area contributed by atoms with Gasteiger partial charge in [0.05, 0.1) is 0 Å². The normalized spacial score (nSPS) is 10.9. The van der Waals surface area contributed by atoms with E-state index in [2.05, 4.69) is 41.9 Å². The van der Waals surface area contributed by atoms with Crippen LogP contribution in [0.2, 0.25) is 0 Å². The second-order valence-corrected chi connectivity index (χ2v) is 6.34. The standard InChI is InChI=1S/C23H24N2O2/c1-18-16-21(19(2)25(18)22-13-7-4-8-14-22)12-9-15-24-23(26)27-17-20-10-5-3-6-11-20/h3-14,16H,15,17H2,1-2H3,(H,24,26). The van der Waals surface area contributed by atoms with Crippen molar-refractivity contribution >= 4 is 12.2 Å². The molecule has 138 valence electrons. The van der Waals surface area contributed by atoms with Gasteiger partial charge < -0.3 is 14.6 Å². The van der Waals surface area contributed by atoms with Crippen molar-refractivity contribution in [2.24, 2.45) is 0 Å². The maximum absolute atomic E-state index is 11.8. The minimum atomic E-state index is -0.418. The Bertz CT molecular complexity index is 912. The number of carbonyl (C=O) groups excluding carboxylic acids is 1. The molecule has 1 aromatic heterocycles. The van der Waals surface area contributed by atoms with Gasteiger partial charge >= 0.3 is 6.09 Å². The van der Waals surface area contributed by atoms with Gasteiger partial charge in [-0.2, -0.15) is 0 Å². The van der Waals surface area contributed by atoms with Crippen molar-refractivity contribution in [3.05, 3.63) is 95.3 Å². The van der Waals surface area contributed by atoms with Gasteiger partial charge in [0.2, 0.25) is 0 Å². The molecule has 3 aromatic rings. The summed E-state index contributed by atoms with van der Waals surface area (Å²) in [5.41, 5.74) is 5.59. The third-order valence-electron chi connectivity index (χ3n) is 4.36. The maximum Gasteiger partial charge on any atom is 0.407 e. The van der Waals surface area contributed by atoms with E-state index < -0.39 is 6.09 Å². The largest absolute Gasteiger partial charge is 0.445 e. The Morgan fingerprint density at radius 2 is 1.70 bits per heavy atom. The smallest absolute Gasteiger partial charge is 0.407 e. The van der Waals surface area contributed by atoms with Gasteiger partial charge in [0.15, 0.2) is 0 Å². The highest BCUT2D eigenvalue weighted by atomic mass is 16.5. The first-order valence-corrected chi connectivity index (χ1v) is 9.00. The molecule has 0 aliphatic carbocycles. The van der Waals surface area contributed by atoms with Crippen molar-refractivity contribution < 1.29 is 9.53 Å². The predicted molar refractivity (Wildman–Crippen MR) is 109 cm³/mol. The van der Waals surface area contributed by atoms with Crippen molar-refractivity contribution in [2.75, 3.05) is 6.54 Å². The second-order valence-electron chi connectivity index (χ2n) is 6.34. The topological polar surface area (TPSA) is 43.3 Å². The molecule has 0 saturated carbocycles. The van der Waals surface area contributed by atoms with Gasteiger partial charge in [0.1, 0.15) is 6.61 Å². The second kappa shape index (κ2) is 8.90. The van der Waals surface area contributed by atoms with E-state index in [1.807, 2.05) is 60.7 Å². The molecule has 0 aliphatic heterocycles. The molecular formula is C23H24N2O2. The number of nitrogens with one attached hydrogen (secondary N) is 1. The summed E-state index contributed by atoms with van der Waals surface area (Å²) in [6, 6.07) is 22.1. The highest BCUT2D eigenvalue weighted by molar-refractivity contribution is 5.67. The van der Waals surface area contributed by atoms with Gasteiger partial charge in [0, 0.05) is 23.6 Å². The fourth-order valence-corrected chi connectivity index (χ4v) is 3.03. The lowest BCUT2D eigenvalue weighted by molar-refractivity contribution is 0.141. The van der Waals surface area contributed by atoms with E-state index in [0.29, 0.717) is 6.54 Å². The lowest BCUT2D eigenvalue weighted by Crippen LogP contribution is -2.24. The van der Waals surface area contributed by atoms with Gasteiger partial charge in [-0.1, -0.05) is 60.7 Å². The molecule has 2 aromatic carbocycles. The molecule has 1 amide bonds. The van der Waals surface area contributed by atoms with Gasteiger partial charge in [-0.15, -0.1) is 0 Å². The Morgan fingerprint density at radius 3 is 2.41 bits per heavy atom. The number of rotatable bonds is 6. The number of carbonyl (C=O) groups is 1. The molecule has 0 atom stereocenters. The van der Waals surface area contributed by atoms with Gasteiger partial charge in [-0.3, -0.25) is 0 Å². The van der Waals surface area contributed by atoms with E-state index in [1.165, 1.54) is 11.4 Å². The summed E-state index contributed by atoms with van der Waals surface area (Å²) in [5.74, 6) is 0. The highest BCUT2D eigenvalue weighted by Gasteiger charge is 2.08. The minimum absolute atomic E-state index is 0.272. The Labute approximate surface area is 160 Å². The van der Waals surface area contributed by atoms with Crippen LogP contribution >= 0.6 is 0 Å². The first-order valence-electron chi connectivity index (χ1n) is 9.00. The van der Waals surface area contributed by atoms with Crippen LogP contribution in [0.25, 0.3) is 11.8 Å². The Kier molecular flexibility index (Phi) is 6.10. The van der Waals surface area contributed by atoms with Crippen LogP contribution in [0.3, 0.4) is 0 Å². The van der Waals surface area contributed by atoms with Gasteiger partial charge in [0.25, 0.3) is 0 Å². The molecule has 0 fully saturated rings. The SMILES string of the molecule is Cc1cc(C=CCNC(=O)OCc2ccccc2)c(C)n1-c1ccccc1. The van der Waals surface area contributed by atoms with Crippen molar-refractivity contribution in [2.45, 2.75) is 20.5 Å². The van der Waals surface area contributed by atoms with Crippen LogP contribution in [-0.4, -0.2) is 17.2 Å². The van der Waals surface area contributed by atoms with Crippen molar-refractivity contribution in [1.29, 1.82) is 0 Å². The molecule has 1 heterocycles. The summed E-state index contributed by atoms with van der Waals surface area (Å²) in [4.78, 5) is 11.8. The first-order chi connectivity index (χ1) is 13.1. The van der Waals surface area contributed by atoms with E-state index in [1.54, 1.807) is 0 Å². The zero-order chi connectivity index (χ0) is 19.1. The summed E-state index contributed by atoms with van der Waals surface area (Å²) in [6.45, 7) is 4.88. The van der Waals surface area contributed by atoms with Crippen LogP contribution in [0, 0.1) is 13.8 Å². The third-order valence-corrected chi connectivity index (χ3v) is 4.36. The molecule has 4 nitrogen and oxygen atoms in total. The summed E-state index contributed by atoms with van der Waals surface area (Å²) in [6.07, 6.45) is 3.54. The third kappa shape index (κ3) is 4.88. The molecule has 4 heteroatoms. The predicted octanol–water partition coefficient (Wildman–Crippen LogP) is 5.03. The van der Waals surface area contributed by atoms with Gasteiger partial charge in [-0.05, 0) is 43.2 Å². The number of amides is 1. The molecule has 0 aliphatic rings. The fraction of sp³-hybridized carbons (Fsp3) is 0.174. The lowest BCUT2D eigenvalue weighted by Gasteiger charge is -2.09. The van der Waals surface area contributed by atoms with Crippen molar-refractivity contribution in [3.8, 4) is 5.69 Å². The highest BCUT2D eigenvalue weighted by Crippen LogP contribution is 2.21. The average molecular weight is 360 g/mol.